The molecule has 0 aliphatic carbocycles. The molecule has 1 unspecified atom stereocenters. The third kappa shape index (κ3) is 4.39. The van der Waals surface area contributed by atoms with Gasteiger partial charge in [0.1, 0.15) is 0 Å². The van der Waals surface area contributed by atoms with Crippen LogP contribution in [0.5, 0.6) is 11.5 Å². The summed E-state index contributed by atoms with van der Waals surface area (Å²) in [6.07, 6.45) is 3.70. The Labute approximate surface area is 121 Å². The first kappa shape index (κ1) is 15.1. The van der Waals surface area contributed by atoms with Crippen LogP contribution in [0.25, 0.3) is 0 Å². The molecule has 0 spiro atoms. The van der Waals surface area contributed by atoms with Crippen molar-refractivity contribution in [3.05, 3.63) is 23.8 Å². The summed E-state index contributed by atoms with van der Waals surface area (Å²) in [7, 11) is 0. The molecule has 0 radical (unpaired) electrons. The summed E-state index contributed by atoms with van der Waals surface area (Å²) in [5.74, 6) is 0.645. The molecule has 0 amide bonds. The van der Waals surface area contributed by atoms with Crippen molar-refractivity contribution in [2.45, 2.75) is 32.7 Å². The smallest absolute Gasteiger partial charge is 0.157 e. The number of rotatable bonds is 6. The van der Waals surface area contributed by atoms with Gasteiger partial charge in [-0.05, 0) is 62.5 Å². The number of nitrogens with one attached hydrogen (secondary N) is 1. The van der Waals surface area contributed by atoms with E-state index in [2.05, 4.69) is 17.1 Å². The number of aromatic hydroxyl groups is 2. The van der Waals surface area contributed by atoms with Gasteiger partial charge in [-0.25, -0.2) is 0 Å². The van der Waals surface area contributed by atoms with Crippen molar-refractivity contribution < 1.29 is 10.2 Å². The first-order chi connectivity index (χ1) is 9.69. The van der Waals surface area contributed by atoms with Crippen LogP contribution in [0, 0.1) is 5.92 Å². The number of phenolic OH excluding ortho intramolecular Hbond substituents is 2. The van der Waals surface area contributed by atoms with E-state index >= 15 is 0 Å². The molecule has 2 rings (SSSR count). The minimum atomic E-state index is -0.0488. The molecular formula is C16H26N2O2. The summed E-state index contributed by atoms with van der Waals surface area (Å²) < 4.78 is 0. The third-order valence-corrected chi connectivity index (χ3v) is 3.90. The fourth-order valence-electron chi connectivity index (χ4n) is 2.92. The van der Waals surface area contributed by atoms with Gasteiger partial charge < -0.3 is 15.5 Å². The summed E-state index contributed by atoms with van der Waals surface area (Å²) >= 11 is 0. The van der Waals surface area contributed by atoms with E-state index in [0.29, 0.717) is 0 Å². The van der Waals surface area contributed by atoms with Gasteiger partial charge in [0.15, 0.2) is 11.5 Å². The van der Waals surface area contributed by atoms with E-state index in [9.17, 15) is 10.2 Å². The van der Waals surface area contributed by atoms with Crippen molar-refractivity contribution in [1.29, 1.82) is 0 Å². The Morgan fingerprint density at radius 1 is 1.30 bits per heavy atom. The second-order valence-corrected chi connectivity index (χ2v) is 5.77. The van der Waals surface area contributed by atoms with Crippen molar-refractivity contribution in [3.63, 3.8) is 0 Å². The minimum Gasteiger partial charge on any atom is -0.504 e. The van der Waals surface area contributed by atoms with Crippen LogP contribution >= 0.6 is 0 Å². The number of hydrogen-bond donors (Lipinski definition) is 3. The van der Waals surface area contributed by atoms with Crippen molar-refractivity contribution in [3.8, 4) is 11.5 Å². The molecule has 20 heavy (non-hydrogen) atoms. The van der Waals surface area contributed by atoms with Crippen molar-refractivity contribution in [2.24, 2.45) is 5.92 Å². The maximum atomic E-state index is 9.59. The number of phenols is 2. The molecule has 0 bridgehead atoms. The normalized spacial score (nSPS) is 19.4. The van der Waals surface area contributed by atoms with Crippen LogP contribution in [0.1, 0.15) is 31.7 Å². The van der Waals surface area contributed by atoms with Crippen LogP contribution < -0.4 is 5.32 Å². The van der Waals surface area contributed by atoms with Gasteiger partial charge in [-0.2, -0.15) is 0 Å². The number of hydrogen-bond acceptors (Lipinski definition) is 4. The molecule has 0 aromatic heterocycles. The van der Waals surface area contributed by atoms with Gasteiger partial charge in [-0.1, -0.05) is 13.0 Å². The van der Waals surface area contributed by atoms with E-state index in [4.69, 9.17) is 0 Å². The molecule has 1 heterocycles. The molecule has 1 aliphatic rings. The van der Waals surface area contributed by atoms with Crippen LogP contribution in [-0.4, -0.2) is 41.3 Å². The summed E-state index contributed by atoms with van der Waals surface area (Å²) in [5.41, 5.74) is 1.05. The van der Waals surface area contributed by atoms with E-state index < -0.39 is 0 Å². The summed E-state index contributed by atoms with van der Waals surface area (Å²) in [6.45, 7) is 7.45. The summed E-state index contributed by atoms with van der Waals surface area (Å²) in [6, 6.07) is 5.12. The zero-order valence-corrected chi connectivity index (χ0v) is 12.3. The van der Waals surface area contributed by atoms with Gasteiger partial charge in [-0.15, -0.1) is 0 Å². The highest BCUT2D eigenvalue weighted by Gasteiger charge is 2.17. The number of nitrogens with zero attached hydrogens (tertiary/aromatic N) is 1. The average molecular weight is 278 g/mol. The lowest BCUT2D eigenvalue weighted by Gasteiger charge is -2.30. The SMILES string of the molecule is CCCN(Cc1ccc(O)c(O)c1)CC1CCCNC1. The van der Waals surface area contributed by atoms with E-state index in [1.807, 2.05) is 6.07 Å². The predicted molar refractivity (Wildman–Crippen MR) is 80.9 cm³/mol. The molecule has 3 N–H and O–H groups in total. The van der Waals surface area contributed by atoms with E-state index in [1.165, 1.54) is 12.8 Å². The van der Waals surface area contributed by atoms with Crippen LogP contribution in [0.2, 0.25) is 0 Å². The molecule has 4 nitrogen and oxygen atoms in total. The lowest BCUT2D eigenvalue weighted by atomic mass is 9.98. The largest absolute Gasteiger partial charge is 0.504 e. The lowest BCUT2D eigenvalue weighted by molar-refractivity contribution is 0.201. The molecule has 1 fully saturated rings. The first-order valence-electron chi connectivity index (χ1n) is 7.63. The monoisotopic (exact) mass is 278 g/mol. The van der Waals surface area contributed by atoms with Crippen molar-refractivity contribution >= 4 is 0 Å². The average Bonchev–Trinajstić information content (AvgIpc) is 2.44. The standard InChI is InChI=1S/C16H26N2O2/c1-2-8-18(12-14-4-3-7-17-10-14)11-13-5-6-15(19)16(20)9-13/h5-6,9,14,17,19-20H,2-4,7-8,10-12H2,1H3. The maximum absolute atomic E-state index is 9.59. The Bertz CT molecular complexity index is 417. The Morgan fingerprint density at radius 2 is 2.15 bits per heavy atom. The Morgan fingerprint density at radius 3 is 2.80 bits per heavy atom. The number of benzene rings is 1. The quantitative estimate of drug-likeness (QED) is 0.699. The highest BCUT2D eigenvalue weighted by molar-refractivity contribution is 5.40. The molecule has 4 heteroatoms. The van der Waals surface area contributed by atoms with Gasteiger partial charge in [0, 0.05) is 13.1 Å². The minimum absolute atomic E-state index is 0.0294. The molecule has 1 atom stereocenters. The second-order valence-electron chi connectivity index (χ2n) is 5.77. The Balaban J connectivity index is 1.94. The second kappa shape index (κ2) is 7.50. The summed E-state index contributed by atoms with van der Waals surface area (Å²) in [5, 5.41) is 22.4. The zero-order chi connectivity index (χ0) is 14.4. The fraction of sp³-hybridized carbons (Fsp3) is 0.625. The highest BCUT2D eigenvalue weighted by Crippen LogP contribution is 2.25. The lowest BCUT2D eigenvalue weighted by Crippen LogP contribution is -2.38. The zero-order valence-electron chi connectivity index (χ0n) is 12.3. The van der Waals surface area contributed by atoms with Gasteiger partial charge in [-0.3, -0.25) is 4.90 Å². The molecular weight excluding hydrogens is 252 g/mol. The molecule has 0 saturated carbocycles. The first-order valence-corrected chi connectivity index (χ1v) is 7.63. The Hall–Kier alpha value is -1.26. The van der Waals surface area contributed by atoms with Crippen LogP contribution in [-0.2, 0) is 6.54 Å². The van der Waals surface area contributed by atoms with Gasteiger partial charge in [0.2, 0.25) is 0 Å². The number of piperidine rings is 1. The molecule has 1 saturated heterocycles. The van der Waals surface area contributed by atoms with Gasteiger partial charge >= 0.3 is 0 Å². The molecule has 1 aromatic carbocycles. The highest BCUT2D eigenvalue weighted by atomic mass is 16.3. The van der Waals surface area contributed by atoms with Crippen LogP contribution in [0.4, 0.5) is 0 Å². The van der Waals surface area contributed by atoms with Gasteiger partial charge in [0.25, 0.3) is 0 Å². The van der Waals surface area contributed by atoms with Crippen molar-refractivity contribution in [2.75, 3.05) is 26.2 Å². The topological polar surface area (TPSA) is 55.7 Å². The fourth-order valence-corrected chi connectivity index (χ4v) is 2.92. The molecule has 1 aromatic rings. The summed E-state index contributed by atoms with van der Waals surface area (Å²) in [4.78, 5) is 2.45. The van der Waals surface area contributed by atoms with E-state index in [1.54, 1.807) is 12.1 Å². The van der Waals surface area contributed by atoms with Crippen molar-refractivity contribution in [1.82, 2.24) is 10.2 Å². The molecule has 1 aliphatic heterocycles. The third-order valence-electron chi connectivity index (χ3n) is 3.90. The van der Waals surface area contributed by atoms with E-state index in [-0.39, 0.29) is 11.5 Å². The van der Waals surface area contributed by atoms with Crippen LogP contribution in [0.3, 0.4) is 0 Å². The molecule has 112 valence electrons. The van der Waals surface area contributed by atoms with Crippen LogP contribution in [0.15, 0.2) is 18.2 Å². The van der Waals surface area contributed by atoms with E-state index in [0.717, 1.165) is 50.6 Å². The Kier molecular flexibility index (Phi) is 5.68. The maximum Gasteiger partial charge on any atom is 0.157 e. The van der Waals surface area contributed by atoms with Gasteiger partial charge in [0.05, 0.1) is 0 Å². The predicted octanol–water partition coefficient (Wildman–Crippen LogP) is 2.31.